The Balaban J connectivity index is 2.48. The lowest BCUT2D eigenvalue weighted by atomic mass is 10.2. The van der Waals surface area contributed by atoms with Crippen LogP contribution in [0.1, 0.15) is 18.7 Å². The largest absolute Gasteiger partial charge is 0.310 e. The number of hydrogen-bond acceptors (Lipinski definition) is 4. The van der Waals surface area contributed by atoms with E-state index in [1.54, 1.807) is 25.2 Å². The molecule has 0 aliphatic carbocycles. The van der Waals surface area contributed by atoms with Crippen molar-refractivity contribution in [3.63, 3.8) is 0 Å². The minimum absolute atomic E-state index is 0.432. The first kappa shape index (κ1) is 14.0. The minimum Gasteiger partial charge on any atom is -0.310 e. The third-order valence-electron chi connectivity index (χ3n) is 2.48. The molecule has 0 fully saturated rings. The molecule has 0 unspecified atom stereocenters. The fourth-order valence-corrected chi connectivity index (χ4v) is 2.47. The third-order valence-corrected chi connectivity index (χ3v) is 5.91. The normalized spacial score (nSPS) is 13.0. The van der Waals surface area contributed by atoms with E-state index in [-0.39, 0.29) is 0 Å². The van der Waals surface area contributed by atoms with Gasteiger partial charge in [-0.2, -0.15) is 0 Å². The van der Waals surface area contributed by atoms with Crippen LogP contribution in [-0.2, 0) is 16.4 Å². The molecule has 1 rings (SSSR count). The van der Waals surface area contributed by atoms with E-state index in [0.717, 1.165) is 9.90 Å². The van der Waals surface area contributed by atoms with Gasteiger partial charge in [-0.1, -0.05) is 11.6 Å². The van der Waals surface area contributed by atoms with E-state index >= 15 is 0 Å². The SMILES string of the molecule is CC(C)(CNCc1cc(Cl)cs1)S(C)(=O)=O. The lowest BCUT2D eigenvalue weighted by Crippen LogP contribution is -2.41. The molecule has 3 nitrogen and oxygen atoms in total. The summed E-state index contributed by atoms with van der Waals surface area (Å²) in [5.74, 6) is 0. The average molecular weight is 282 g/mol. The summed E-state index contributed by atoms with van der Waals surface area (Å²) in [6.07, 6.45) is 1.26. The standard InChI is InChI=1S/C10H16ClNO2S2/c1-10(2,16(3,13)14)7-12-5-9-4-8(11)6-15-9/h4,6,12H,5,7H2,1-3H3. The number of thiophene rings is 1. The fourth-order valence-electron chi connectivity index (χ4n) is 1.06. The van der Waals surface area contributed by atoms with Gasteiger partial charge in [-0.15, -0.1) is 11.3 Å². The van der Waals surface area contributed by atoms with Crippen molar-refractivity contribution in [3.8, 4) is 0 Å². The molecule has 0 saturated heterocycles. The Kier molecular flexibility index (Phi) is 4.40. The number of rotatable bonds is 5. The number of halogens is 1. The molecular weight excluding hydrogens is 266 g/mol. The lowest BCUT2D eigenvalue weighted by Gasteiger charge is -2.22. The minimum atomic E-state index is -3.04. The van der Waals surface area contributed by atoms with Crippen LogP contribution in [0.15, 0.2) is 11.4 Å². The molecule has 1 aromatic heterocycles. The van der Waals surface area contributed by atoms with Gasteiger partial charge in [-0.05, 0) is 19.9 Å². The Morgan fingerprint density at radius 2 is 2.12 bits per heavy atom. The summed E-state index contributed by atoms with van der Waals surface area (Å²) in [5, 5.41) is 5.72. The van der Waals surface area contributed by atoms with Gasteiger partial charge >= 0.3 is 0 Å². The molecule has 0 saturated carbocycles. The molecule has 1 N–H and O–H groups in total. The first-order valence-corrected chi connectivity index (χ1v) is 8.00. The highest BCUT2D eigenvalue weighted by molar-refractivity contribution is 7.92. The van der Waals surface area contributed by atoms with E-state index in [1.165, 1.54) is 6.26 Å². The van der Waals surface area contributed by atoms with Crippen molar-refractivity contribution in [3.05, 3.63) is 21.3 Å². The highest BCUT2D eigenvalue weighted by Gasteiger charge is 2.29. The molecule has 16 heavy (non-hydrogen) atoms. The lowest BCUT2D eigenvalue weighted by molar-refractivity contribution is 0.522. The molecule has 92 valence electrons. The van der Waals surface area contributed by atoms with Gasteiger partial charge < -0.3 is 5.32 Å². The highest BCUT2D eigenvalue weighted by Crippen LogP contribution is 2.19. The Labute approximate surface area is 106 Å². The van der Waals surface area contributed by atoms with Crippen molar-refractivity contribution in [2.45, 2.75) is 25.1 Å². The summed E-state index contributed by atoms with van der Waals surface area (Å²) < 4.78 is 22.1. The van der Waals surface area contributed by atoms with Gasteiger partial charge in [-0.3, -0.25) is 0 Å². The molecule has 0 aliphatic rings. The van der Waals surface area contributed by atoms with E-state index in [0.29, 0.717) is 13.1 Å². The van der Waals surface area contributed by atoms with Gasteiger partial charge in [0.2, 0.25) is 0 Å². The first-order chi connectivity index (χ1) is 7.22. The predicted molar refractivity (Wildman–Crippen MR) is 70.0 cm³/mol. The number of nitrogens with one attached hydrogen (secondary N) is 1. The monoisotopic (exact) mass is 281 g/mol. The van der Waals surface area contributed by atoms with Gasteiger partial charge in [0, 0.05) is 29.6 Å². The highest BCUT2D eigenvalue weighted by atomic mass is 35.5. The summed E-state index contributed by atoms with van der Waals surface area (Å²) in [6, 6.07) is 1.88. The summed E-state index contributed by atoms with van der Waals surface area (Å²) in [7, 11) is -3.04. The molecule has 0 aromatic carbocycles. The zero-order valence-corrected chi connectivity index (χ0v) is 12.0. The van der Waals surface area contributed by atoms with Crippen molar-refractivity contribution in [1.82, 2.24) is 5.32 Å². The van der Waals surface area contributed by atoms with Gasteiger partial charge in [0.25, 0.3) is 0 Å². The Morgan fingerprint density at radius 3 is 2.56 bits per heavy atom. The van der Waals surface area contributed by atoms with Crippen LogP contribution in [0.2, 0.25) is 5.02 Å². The summed E-state index contributed by atoms with van der Waals surface area (Å²) in [4.78, 5) is 1.11. The molecular formula is C10H16ClNO2S2. The summed E-state index contributed by atoms with van der Waals surface area (Å²) >= 11 is 7.35. The molecule has 0 bridgehead atoms. The van der Waals surface area contributed by atoms with Crippen LogP contribution in [0.3, 0.4) is 0 Å². The topological polar surface area (TPSA) is 46.2 Å². The molecule has 1 heterocycles. The van der Waals surface area contributed by atoms with Crippen LogP contribution >= 0.6 is 22.9 Å². The Morgan fingerprint density at radius 1 is 1.50 bits per heavy atom. The number of hydrogen-bond donors (Lipinski definition) is 1. The van der Waals surface area contributed by atoms with Gasteiger partial charge in [0.1, 0.15) is 0 Å². The summed E-state index contributed by atoms with van der Waals surface area (Å²) in [5.41, 5.74) is 0. The molecule has 6 heteroatoms. The van der Waals surface area contributed by atoms with Crippen LogP contribution in [0.5, 0.6) is 0 Å². The fraction of sp³-hybridized carbons (Fsp3) is 0.600. The maximum absolute atomic E-state index is 11.4. The van der Waals surface area contributed by atoms with Crippen molar-refractivity contribution in [2.24, 2.45) is 0 Å². The first-order valence-electron chi connectivity index (χ1n) is 4.85. The van der Waals surface area contributed by atoms with Crippen molar-refractivity contribution in [1.29, 1.82) is 0 Å². The smallest absolute Gasteiger partial charge is 0.153 e. The zero-order chi connectivity index (χ0) is 12.4. The van der Waals surface area contributed by atoms with Gasteiger partial charge in [0.15, 0.2) is 9.84 Å². The maximum atomic E-state index is 11.4. The second-order valence-corrected chi connectivity index (χ2v) is 8.45. The molecule has 0 amide bonds. The molecule has 0 radical (unpaired) electrons. The van der Waals surface area contributed by atoms with Crippen LogP contribution in [-0.4, -0.2) is 26.0 Å². The van der Waals surface area contributed by atoms with E-state index in [1.807, 2.05) is 11.4 Å². The van der Waals surface area contributed by atoms with Gasteiger partial charge in [0.05, 0.1) is 9.77 Å². The zero-order valence-electron chi connectivity index (χ0n) is 9.58. The predicted octanol–water partition coefficient (Wildman–Crippen LogP) is 2.31. The van der Waals surface area contributed by atoms with Crippen molar-refractivity contribution >= 4 is 32.8 Å². The van der Waals surface area contributed by atoms with E-state index in [2.05, 4.69) is 5.32 Å². The van der Waals surface area contributed by atoms with E-state index in [9.17, 15) is 8.42 Å². The molecule has 0 spiro atoms. The Hall–Kier alpha value is -0.100. The molecule has 0 aliphatic heterocycles. The van der Waals surface area contributed by atoms with Crippen LogP contribution in [0.4, 0.5) is 0 Å². The second kappa shape index (κ2) is 5.04. The van der Waals surface area contributed by atoms with Gasteiger partial charge in [-0.25, -0.2) is 8.42 Å². The summed E-state index contributed by atoms with van der Waals surface area (Å²) in [6.45, 7) is 4.52. The van der Waals surface area contributed by atoms with Crippen molar-refractivity contribution < 1.29 is 8.42 Å². The Bertz CT molecular complexity index is 451. The maximum Gasteiger partial charge on any atom is 0.153 e. The van der Waals surface area contributed by atoms with E-state index in [4.69, 9.17) is 11.6 Å². The quantitative estimate of drug-likeness (QED) is 0.901. The molecule has 0 atom stereocenters. The van der Waals surface area contributed by atoms with E-state index < -0.39 is 14.6 Å². The molecule has 1 aromatic rings. The second-order valence-electron chi connectivity index (χ2n) is 4.37. The van der Waals surface area contributed by atoms with Crippen LogP contribution in [0.25, 0.3) is 0 Å². The van der Waals surface area contributed by atoms with Crippen LogP contribution in [0, 0.1) is 0 Å². The average Bonchev–Trinajstić information content (AvgIpc) is 2.49. The van der Waals surface area contributed by atoms with Crippen molar-refractivity contribution in [2.75, 3.05) is 12.8 Å². The van der Waals surface area contributed by atoms with Crippen LogP contribution < -0.4 is 5.32 Å². The third kappa shape index (κ3) is 3.73. The number of sulfone groups is 1.